The van der Waals surface area contributed by atoms with Gasteiger partial charge in [-0.05, 0) is 234 Å². The van der Waals surface area contributed by atoms with E-state index in [9.17, 15) is 63.7 Å². The first kappa shape index (κ1) is 123. The molecule has 0 spiro atoms. The molecule has 12 rings (SSSR count). The maximum atomic E-state index is 11.0. The van der Waals surface area contributed by atoms with Crippen molar-refractivity contribution in [1.29, 1.82) is 0 Å². The highest BCUT2D eigenvalue weighted by Crippen LogP contribution is 2.25. The highest BCUT2D eigenvalue weighted by Gasteiger charge is 2.15. The van der Waals surface area contributed by atoms with E-state index in [1.807, 2.05) is 46.8 Å². The molecule has 124 heavy (non-hydrogen) atoms. The smallest absolute Gasteiger partial charge is 0.335 e. The van der Waals surface area contributed by atoms with Gasteiger partial charge in [0.25, 0.3) is 70.8 Å². The Morgan fingerprint density at radius 3 is 0.742 bits per heavy atom. The second kappa shape index (κ2) is 56.1. The van der Waals surface area contributed by atoms with Crippen LogP contribution in [-0.4, -0.2) is 102 Å². The molecule has 0 saturated heterocycles. The van der Waals surface area contributed by atoms with Gasteiger partial charge < -0.3 is 5.11 Å². The summed E-state index contributed by atoms with van der Waals surface area (Å²) in [5, 5.41) is 12.6. The molecule has 0 aliphatic carbocycles. The fourth-order valence-corrected chi connectivity index (χ4v) is 13.8. The van der Waals surface area contributed by atoms with Crippen LogP contribution in [0.4, 0.5) is 0 Å². The molecule has 0 amide bonds. The van der Waals surface area contributed by atoms with Gasteiger partial charge in [-0.15, -0.1) is 0 Å². The van der Waals surface area contributed by atoms with Crippen LogP contribution in [0.1, 0.15) is 181 Å². The number of carboxylic acids is 1. The highest BCUT2D eigenvalue weighted by molar-refractivity contribution is 7.87. The van der Waals surface area contributed by atoms with Gasteiger partial charge >= 0.3 is 5.97 Å². The molecule has 2 unspecified atom stereocenters. The Kier molecular flexibility index (Phi) is 55.4. The summed E-state index contributed by atoms with van der Waals surface area (Å²) in [7, 11) is -28.3. The van der Waals surface area contributed by atoms with Crippen molar-refractivity contribution in [3.8, 4) is 0 Å². The van der Waals surface area contributed by atoms with Gasteiger partial charge in [-0.2, -0.15) is 58.9 Å². The lowest BCUT2D eigenvalue weighted by atomic mass is 9.98. The fourth-order valence-electron chi connectivity index (χ4n) is 10.00. The number of carboxylic acid groups (broad SMARTS) is 1. The Hall–Kier alpha value is -10.0. The summed E-state index contributed by atoms with van der Waals surface area (Å²) < 4.78 is 209. The molecule has 0 heterocycles. The molecule has 12 aromatic carbocycles. The monoisotopic (exact) mass is 1850 g/mol. The van der Waals surface area contributed by atoms with Crippen molar-refractivity contribution in [2.75, 3.05) is 0 Å². The number of hydrogen-bond acceptors (Lipinski definition) is 15. The quantitative estimate of drug-likeness (QED) is 0.0527. The Bertz CT molecular complexity index is 5700. The first-order valence-corrected chi connectivity index (χ1v) is 45.8. The van der Waals surface area contributed by atoms with E-state index in [4.69, 9.17) is 37.0 Å². The molecule has 30 heteroatoms. The normalized spacial score (nSPS) is 11.0. The number of aryl methyl sites for hydroxylation is 10. The minimum absolute atomic E-state index is 0. The highest BCUT2D eigenvalue weighted by atomic mass is 32.2. The van der Waals surface area contributed by atoms with Gasteiger partial charge in [0.1, 0.15) is 4.90 Å². The van der Waals surface area contributed by atoms with Gasteiger partial charge in [-0.1, -0.05) is 289 Å². The minimum Gasteiger partial charge on any atom is -0.478 e. The van der Waals surface area contributed by atoms with Gasteiger partial charge in [-0.25, -0.2) is 4.79 Å². The lowest BCUT2D eigenvalue weighted by Crippen LogP contribution is -1.98. The molecule has 2 atom stereocenters. The SMILES string of the molecule is C.C.C.C.C.C.C.CCC(C)c1ccc(C)cc1.CCC(C)c1ccc(S(=O)(=O)O)cc1.Cc1cc(C)cc(S(=O)(=O)O)c1.Cc1ccc(C(=O)O)cc1.Cc1ccc(S(=O)(=O)O)cc1.Cc1ccc(S(=O)(=O)O)cc1.Cc1ccc(S(=O)(=O)O)cc1.Cc1ccc(S(=O)(=O)O)cc1.Cc1cccc2c(C)cccc12.O=S(=O)(O)c1cccc2ccccc12. The fraction of sp³-hybridized carbons (Fsp3) is 0.266. The third-order valence-corrected chi connectivity index (χ3v) is 23.2. The Balaban J connectivity index is -0.000000421. The van der Waals surface area contributed by atoms with E-state index in [2.05, 4.69) is 109 Å². The van der Waals surface area contributed by atoms with Crippen LogP contribution in [0.25, 0.3) is 21.5 Å². The van der Waals surface area contributed by atoms with Crippen LogP contribution >= 0.6 is 0 Å². The predicted octanol–water partition coefficient (Wildman–Crippen LogP) is 24.2. The summed E-state index contributed by atoms with van der Waals surface area (Å²) in [4.78, 5) is 9.91. The van der Waals surface area contributed by atoms with Crippen LogP contribution in [-0.2, 0) is 70.8 Å². The summed E-state index contributed by atoms with van der Waals surface area (Å²) in [5.41, 5.74) is 13.5. The van der Waals surface area contributed by atoms with E-state index >= 15 is 0 Å². The van der Waals surface area contributed by atoms with Gasteiger partial charge in [0.15, 0.2) is 0 Å². The van der Waals surface area contributed by atoms with E-state index in [0.717, 1.165) is 56.3 Å². The maximum absolute atomic E-state index is 11.0. The molecule has 0 fully saturated rings. The predicted molar refractivity (Wildman–Crippen MR) is 507 cm³/mol. The van der Waals surface area contributed by atoms with E-state index in [-0.39, 0.29) is 86.3 Å². The van der Waals surface area contributed by atoms with Gasteiger partial charge in [0.05, 0.1) is 34.9 Å². The summed E-state index contributed by atoms with van der Waals surface area (Å²) >= 11 is 0. The molecule has 0 aliphatic heterocycles. The van der Waals surface area contributed by atoms with Crippen molar-refractivity contribution in [3.05, 3.63) is 339 Å². The van der Waals surface area contributed by atoms with Crippen LogP contribution in [0, 0.1) is 69.2 Å². The zero-order valence-corrected chi connectivity index (χ0v) is 72.7. The molecular formula is C94H128O23S7. The molecule has 684 valence electrons. The number of hydrogen-bond donors (Lipinski definition) is 8. The third-order valence-electron chi connectivity index (χ3n) is 17.1. The van der Waals surface area contributed by atoms with Crippen molar-refractivity contribution in [3.63, 3.8) is 0 Å². The molecule has 0 saturated carbocycles. The van der Waals surface area contributed by atoms with Crippen molar-refractivity contribution in [2.24, 2.45) is 0 Å². The molecule has 0 bridgehead atoms. The molecule has 0 aromatic heterocycles. The van der Waals surface area contributed by atoms with Gasteiger partial charge in [0, 0.05) is 5.39 Å². The van der Waals surface area contributed by atoms with Crippen molar-refractivity contribution in [2.45, 2.75) is 208 Å². The van der Waals surface area contributed by atoms with Crippen molar-refractivity contribution < 1.29 is 101 Å². The molecule has 0 radical (unpaired) electrons. The zero-order chi connectivity index (χ0) is 88.6. The Morgan fingerprint density at radius 2 is 0.484 bits per heavy atom. The second-order valence-electron chi connectivity index (χ2n) is 26.9. The van der Waals surface area contributed by atoms with E-state index < -0.39 is 76.8 Å². The van der Waals surface area contributed by atoms with Gasteiger partial charge in [-0.3, -0.25) is 31.9 Å². The number of fused-ring (bicyclic) bond motifs is 2. The first-order chi connectivity index (χ1) is 54.1. The van der Waals surface area contributed by atoms with Crippen LogP contribution in [0.15, 0.2) is 301 Å². The van der Waals surface area contributed by atoms with Crippen LogP contribution < -0.4 is 0 Å². The van der Waals surface area contributed by atoms with Crippen LogP contribution in [0.5, 0.6) is 0 Å². The molecule has 0 aliphatic rings. The molecule has 12 aromatic rings. The van der Waals surface area contributed by atoms with Crippen molar-refractivity contribution in [1.82, 2.24) is 0 Å². The number of carbonyl (C=O) groups is 1. The zero-order valence-electron chi connectivity index (χ0n) is 67.0. The van der Waals surface area contributed by atoms with E-state index in [1.54, 1.807) is 129 Å². The molecular weight excluding hydrogens is 1720 g/mol. The number of benzene rings is 12. The number of rotatable bonds is 12. The topological polar surface area (TPSA) is 418 Å². The lowest BCUT2D eigenvalue weighted by Gasteiger charge is -2.08. The average molecular weight is 1850 g/mol. The summed E-state index contributed by atoms with van der Waals surface area (Å²) in [6.07, 6.45) is 2.23. The molecule has 8 N–H and O–H groups in total. The van der Waals surface area contributed by atoms with Crippen LogP contribution in [0.2, 0.25) is 0 Å². The Labute approximate surface area is 740 Å². The van der Waals surface area contributed by atoms with Crippen molar-refractivity contribution >= 4 is 98.3 Å². The lowest BCUT2D eigenvalue weighted by molar-refractivity contribution is 0.0696. The molecule has 23 nitrogen and oxygen atoms in total. The van der Waals surface area contributed by atoms with E-state index in [1.165, 1.54) is 118 Å². The average Bonchev–Trinajstić information content (AvgIpc) is 0.799. The Morgan fingerprint density at radius 1 is 0.258 bits per heavy atom. The van der Waals surface area contributed by atoms with Crippen LogP contribution in [0.3, 0.4) is 0 Å². The summed E-state index contributed by atoms with van der Waals surface area (Å²) in [5.74, 6) is 0.237. The minimum atomic E-state index is -4.13. The first-order valence-electron chi connectivity index (χ1n) is 35.7. The standard InChI is InChI=1S/C12H12.C11H16.C10H8O3S.C10H14O3S.C8H10O3S.C8H8O2.4C7H8O3S.7CH4/c1-9-5-3-8-12-10(2)6-4-7-11(9)12;1-4-10(3)11-7-5-9(2)6-8-11;11-14(12,13)10-7-3-5-8-4-1-2-6-9(8)10;1-3-8(2)9-4-6-10(7-5-9)14(11,12)13;1-6-3-7(2)5-8(4-6)12(9,10)11;1-6-2-4-7(5-3-6)8(9)10;4*1-6-2-4-7(5-3-6)11(8,9)10;;;;;;;/h3-8H,1-2H3;5-8,10H,4H2,1-3H3;1-7H,(H,11,12,13);4-8H,3H2,1-2H3,(H,11,12,13);3-5H,1-2H3,(H,9,10,11);2-5H,1H3,(H,9,10);4*2-5H,1H3,(H,8,9,10);7*1H4. The largest absolute Gasteiger partial charge is 0.478 e. The summed E-state index contributed by atoms with van der Waals surface area (Å²) in [6.45, 7) is 27.9. The van der Waals surface area contributed by atoms with Gasteiger partial charge in [0.2, 0.25) is 0 Å². The third kappa shape index (κ3) is 45.1. The van der Waals surface area contributed by atoms with E-state index in [0.29, 0.717) is 22.8 Å². The summed E-state index contributed by atoms with van der Waals surface area (Å²) in [6, 6.07) is 75.2. The number of aromatic carboxylic acids is 1. The second-order valence-corrected chi connectivity index (χ2v) is 36.8. The maximum Gasteiger partial charge on any atom is 0.335 e.